The minimum Gasteiger partial charge on any atom is -0.387 e. The van der Waals surface area contributed by atoms with E-state index in [1.165, 1.54) is 0 Å². The van der Waals surface area contributed by atoms with E-state index in [1.807, 2.05) is 0 Å². The van der Waals surface area contributed by atoms with Gasteiger partial charge in [0.25, 0.3) is 0 Å². The number of carbonyl (C=O) groups is 1. The fourth-order valence-electron chi connectivity index (χ4n) is 3.84. The summed E-state index contributed by atoms with van der Waals surface area (Å²) in [5, 5.41) is 26.2. The van der Waals surface area contributed by atoms with E-state index in [2.05, 4.69) is 25.4 Å². The van der Waals surface area contributed by atoms with Crippen molar-refractivity contribution in [2.45, 2.75) is 50.3 Å². The zero-order valence-corrected chi connectivity index (χ0v) is 18.6. The van der Waals surface area contributed by atoms with Crippen LogP contribution in [-0.2, 0) is 23.1 Å². The second kappa shape index (κ2) is 9.46. The van der Waals surface area contributed by atoms with Crippen LogP contribution in [0.15, 0.2) is 11.1 Å². The molecule has 15 nitrogen and oxygen atoms in total. The molecule has 2 aromatic rings. The number of nitrogens with one attached hydrogen (secondary N) is 3. The number of rotatable bonds is 8. The Labute approximate surface area is 187 Å². The Balaban J connectivity index is 1.48. The van der Waals surface area contributed by atoms with E-state index in [1.54, 1.807) is 6.92 Å². The standard InChI is InChI=1S/C17H26N7O8P/c1-2-30-33(29,23-15(27)8-4-3-5-19-8)31-6-9-11(25)12(26)16(32-9)24-14-10(22-17(24)28)13(18)20-7-21-14/h7-9,11-12,16,19,25-26H,2-6H2,1H3,(H,22,28)(H2,18,20,21)(H,23,27,29)/t8-,9-,11-,12-,16-,33?/m1/s1. The van der Waals surface area contributed by atoms with E-state index in [4.69, 9.17) is 19.5 Å². The van der Waals surface area contributed by atoms with Crippen LogP contribution < -0.4 is 21.8 Å². The highest BCUT2D eigenvalue weighted by atomic mass is 31.2. The van der Waals surface area contributed by atoms with Gasteiger partial charge in [-0.3, -0.25) is 18.9 Å². The van der Waals surface area contributed by atoms with E-state index < -0.39 is 56.5 Å². The molecule has 0 spiro atoms. The molecule has 2 fully saturated rings. The largest absolute Gasteiger partial charge is 0.435 e. The van der Waals surface area contributed by atoms with Crippen LogP contribution in [-0.4, -0.2) is 79.8 Å². The highest BCUT2D eigenvalue weighted by Gasteiger charge is 2.46. The van der Waals surface area contributed by atoms with Crippen LogP contribution in [0, 0.1) is 0 Å². The molecule has 4 heterocycles. The van der Waals surface area contributed by atoms with Crippen LogP contribution in [0.1, 0.15) is 26.0 Å². The van der Waals surface area contributed by atoms with Crippen molar-refractivity contribution >= 4 is 30.6 Å². The Morgan fingerprint density at radius 3 is 2.88 bits per heavy atom. The van der Waals surface area contributed by atoms with Gasteiger partial charge < -0.3 is 31.0 Å². The van der Waals surface area contributed by atoms with Gasteiger partial charge in [-0.05, 0) is 26.3 Å². The van der Waals surface area contributed by atoms with Crippen LogP contribution in [0.5, 0.6) is 0 Å². The molecule has 182 valence electrons. The third-order valence-electron chi connectivity index (χ3n) is 5.46. The number of nitrogens with two attached hydrogens (primary N) is 1. The average molecular weight is 487 g/mol. The summed E-state index contributed by atoms with van der Waals surface area (Å²) in [7, 11) is -4.09. The van der Waals surface area contributed by atoms with Crippen molar-refractivity contribution in [2.75, 3.05) is 25.5 Å². The predicted molar refractivity (Wildman–Crippen MR) is 113 cm³/mol. The number of aromatic nitrogens is 4. The number of aliphatic hydroxyl groups excluding tert-OH is 2. The molecule has 1 amide bonds. The number of hydrogen-bond acceptors (Lipinski definition) is 12. The maximum atomic E-state index is 13.0. The normalized spacial score (nSPS) is 29.4. The minimum atomic E-state index is -4.09. The molecule has 2 aliphatic rings. The van der Waals surface area contributed by atoms with Gasteiger partial charge in [0.15, 0.2) is 17.7 Å². The van der Waals surface area contributed by atoms with Gasteiger partial charge >= 0.3 is 13.4 Å². The van der Waals surface area contributed by atoms with Gasteiger partial charge in [0, 0.05) is 0 Å². The molecule has 0 aromatic carbocycles. The molecule has 0 bridgehead atoms. The third kappa shape index (κ3) is 4.66. The third-order valence-corrected chi connectivity index (χ3v) is 7.04. The molecule has 6 atom stereocenters. The zero-order chi connectivity index (χ0) is 23.8. The van der Waals surface area contributed by atoms with Gasteiger partial charge in [-0.2, -0.15) is 0 Å². The van der Waals surface area contributed by atoms with Gasteiger partial charge in [0.05, 0.1) is 19.3 Å². The Bertz CT molecular complexity index is 1120. The molecule has 2 aliphatic heterocycles. The molecule has 2 saturated heterocycles. The molecule has 7 N–H and O–H groups in total. The Hall–Kier alpha value is -2.39. The lowest BCUT2D eigenvalue weighted by Gasteiger charge is -2.22. The van der Waals surface area contributed by atoms with Crippen molar-refractivity contribution in [1.82, 2.24) is 29.9 Å². The number of aromatic amines is 1. The summed E-state index contributed by atoms with van der Waals surface area (Å²) in [6.07, 6.45) is -3.06. The number of H-pyrrole nitrogens is 1. The number of nitrogens with zero attached hydrogens (tertiary/aromatic N) is 3. The van der Waals surface area contributed by atoms with Crippen molar-refractivity contribution < 1.29 is 33.4 Å². The first-order chi connectivity index (χ1) is 15.7. The number of hydrogen-bond donors (Lipinski definition) is 6. The number of fused-ring (bicyclic) bond motifs is 1. The van der Waals surface area contributed by atoms with Gasteiger partial charge in [0.1, 0.15) is 30.2 Å². The van der Waals surface area contributed by atoms with Gasteiger partial charge in [-0.15, -0.1) is 0 Å². The summed E-state index contributed by atoms with van der Waals surface area (Å²) in [6.45, 7) is 1.73. The highest BCUT2D eigenvalue weighted by Crippen LogP contribution is 2.45. The van der Waals surface area contributed by atoms with Crippen LogP contribution >= 0.6 is 7.75 Å². The lowest BCUT2D eigenvalue weighted by Crippen LogP contribution is -2.40. The maximum absolute atomic E-state index is 13.0. The van der Waals surface area contributed by atoms with Gasteiger partial charge in [-0.1, -0.05) is 0 Å². The fraction of sp³-hybridized carbons (Fsp3) is 0.647. The molecule has 4 rings (SSSR count). The predicted octanol–water partition coefficient (Wildman–Crippen LogP) is -1.65. The van der Waals surface area contributed by atoms with Crippen molar-refractivity contribution in [2.24, 2.45) is 0 Å². The lowest BCUT2D eigenvalue weighted by atomic mass is 10.1. The molecule has 2 aromatic heterocycles. The first-order valence-corrected chi connectivity index (χ1v) is 11.9. The number of carbonyl (C=O) groups excluding carboxylic acids is 1. The second-order valence-electron chi connectivity index (χ2n) is 7.64. The number of imidazole rings is 1. The summed E-state index contributed by atoms with van der Waals surface area (Å²) in [4.78, 5) is 35.1. The molecule has 0 aliphatic carbocycles. The smallest absolute Gasteiger partial charge is 0.387 e. The number of amides is 1. The molecule has 33 heavy (non-hydrogen) atoms. The quantitative estimate of drug-likeness (QED) is 0.231. The minimum absolute atomic E-state index is 0.0131. The van der Waals surface area contributed by atoms with E-state index in [0.29, 0.717) is 13.0 Å². The van der Waals surface area contributed by atoms with Crippen molar-refractivity contribution in [3.63, 3.8) is 0 Å². The summed E-state index contributed by atoms with van der Waals surface area (Å²) >= 11 is 0. The summed E-state index contributed by atoms with van der Waals surface area (Å²) < 4.78 is 30.2. The Kier molecular flexibility index (Phi) is 6.81. The first kappa shape index (κ1) is 23.8. The average Bonchev–Trinajstić information content (AvgIpc) is 3.48. The van der Waals surface area contributed by atoms with E-state index >= 15 is 0 Å². The van der Waals surface area contributed by atoms with E-state index in [0.717, 1.165) is 17.3 Å². The highest BCUT2D eigenvalue weighted by molar-refractivity contribution is 7.52. The van der Waals surface area contributed by atoms with Crippen LogP contribution in [0.25, 0.3) is 11.2 Å². The summed E-state index contributed by atoms with van der Waals surface area (Å²) in [6, 6.07) is -0.509. The second-order valence-corrected chi connectivity index (χ2v) is 9.37. The fourth-order valence-corrected chi connectivity index (χ4v) is 5.15. The van der Waals surface area contributed by atoms with Crippen molar-refractivity contribution in [3.05, 3.63) is 16.8 Å². The molecule has 0 saturated carbocycles. The summed E-state index contributed by atoms with van der Waals surface area (Å²) in [5.41, 5.74) is 5.28. The molecule has 1 unspecified atom stereocenters. The van der Waals surface area contributed by atoms with Gasteiger partial charge in [0.2, 0.25) is 5.91 Å². The topological polar surface area (TPSA) is 216 Å². The number of aliphatic hydroxyl groups is 2. The van der Waals surface area contributed by atoms with E-state index in [9.17, 15) is 24.4 Å². The summed E-state index contributed by atoms with van der Waals surface area (Å²) in [5.74, 6) is -0.508. The Morgan fingerprint density at radius 1 is 1.39 bits per heavy atom. The van der Waals surface area contributed by atoms with Crippen molar-refractivity contribution in [3.8, 4) is 0 Å². The zero-order valence-electron chi connectivity index (χ0n) is 17.7. The number of ether oxygens (including phenoxy) is 1. The number of anilines is 1. The molecular formula is C17H26N7O8P. The first-order valence-electron chi connectivity index (χ1n) is 10.4. The van der Waals surface area contributed by atoms with Crippen LogP contribution in [0.4, 0.5) is 5.82 Å². The monoisotopic (exact) mass is 487 g/mol. The number of nitrogen functional groups attached to an aromatic ring is 1. The lowest BCUT2D eigenvalue weighted by molar-refractivity contribution is -0.121. The molecular weight excluding hydrogens is 461 g/mol. The SMILES string of the molecule is CCOP(=O)(NC(=O)[C@H]1CCCN1)OC[C@H]1O[C@@H](n2c(=O)[nH]c3c(N)ncnc32)[C@H](O)[C@@H]1O. The Morgan fingerprint density at radius 2 is 2.18 bits per heavy atom. The van der Waals surface area contributed by atoms with E-state index in [-0.39, 0.29) is 23.6 Å². The maximum Gasteiger partial charge on any atom is 0.435 e. The van der Waals surface area contributed by atoms with Crippen LogP contribution in [0.3, 0.4) is 0 Å². The van der Waals surface area contributed by atoms with Crippen molar-refractivity contribution in [1.29, 1.82) is 0 Å². The van der Waals surface area contributed by atoms with Crippen LogP contribution in [0.2, 0.25) is 0 Å². The van der Waals surface area contributed by atoms with Gasteiger partial charge in [-0.25, -0.2) is 23.9 Å². The molecule has 0 radical (unpaired) electrons. The molecule has 16 heteroatoms.